The zero-order valence-corrected chi connectivity index (χ0v) is 19.1. The second-order valence-electron chi connectivity index (χ2n) is 7.58. The summed E-state index contributed by atoms with van der Waals surface area (Å²) in [6.45, 7) is 1.72. The van der Waals surface area contributed by atoms with Gasteiger partial charge in [0.2, 0.25) is 0 Å². The summed E-state index contributed by atoms with van der Waals surface area (Å²) in [5.41, 5.74) is -0.0676. The van der Waals surface area contributed by atoms with Gasteiger partial charge in [0.25, 0.3) is 5.56 Å². The molecule has 0 aliphatic heterocycles. The normalized spacial score (nSPS) is 11.4. The molecule has 8 nitrogen and oxygen atoms in total. The van der Waals surface area contributed by atoms with Crippen molar-refractivity contribution in [2.45, 2.75) is 16.7 Å². The van der Waals surface area contributed by atoms with Gasteiger partial charge in [0.05, 0.1) is 23.9 Å². The second-order valence-corrected chi connectivity index (χ2v) is 8.66. The number of methoxy groups -OCH3 is 1. The molecule has 0 unspecified atom stereocenters. The fourth-order valence-electron chi connectivity index (χ4n) is 3.96. The van der Waals surface area contributed by atoms with Crippen LogP contribution < -0.4 is 15.9 Å². The molecule has 0 spiro atoms. The summed E-state index contributed by atoms with van der Waals surface area (Å²) >= 11 is 0.884. The van der Waals surface area contributed by atoms with Gasteiger partial charge >= 0.3 is 5.63 Å². The minimum Gasteiger partial charge on any atom is -0.505 e. The maximum absolute atomic E-state index is 13.8. The van der Waals surface area contributed by atoms with E-state index in [1.165, 1.54) is 40.6 Å². The summed E-state index contributed by atoms with van der Waals surface area (Å²) in [6, 6.07) is 12.3. The van der Waals surface area contributed by atoms with Crippen molar-refractivity contribution in [3.05, 3.63) is 80.8 Å². The van der Waals surface area contributed by atoms with Gasteiger partial charge in [-0.05, 0) is 43.3 Å². The molecule has 0 saturated carbocycles. The topological polar surface area (TPSA) is 99.5 Å². The van der Waals surface area contributed by atoms with Gasteiger partial charge in [-0.15, -0.1) is 0 Å². The van der Waals surface area contributed by atoms with E-state index in [4.69, 9.17) is 9.15 Å². The third kappa shape index (κ3) is 3.34. The lowest BCUT2D eigenvalue weighted by Crippen LogP contribution is -2.22. The molecule has 0 aliphatic rings. The molecular formula is C24H18FN3O5S. The average Bonchev–Trinajstić information content (AvgIpc) is 3.11. The Kier molecular flexibility index (Phi) is 5.17. The smallest absolute Gasteiger partial charge is 0.354 e. The van der Waals surface area contributed by atoms with Crippen LogP contribution in [0.15, 0.2) is 72.3 Å². The molecule has 1 N–H and O–H groups in total. The van der Waals surface area contributed by atoms with E-state index in [9.17, 15) is 19.1 Å². The van der Waals surface area contributed by atoms with E-state index in [0.717, 1.165) is 11.8 Å². The average molecular weight is 479 g/mol. The van der Waals surface area contributed by atoms with E-state index in [1.54, 1.807) is 38.2 Å². The van der Waals surface area contributed by atoms with Gasteiger partial charge in [-0.1, -0.05) is 17.8 Å². The first-order valence-corrected chi connectivity index (χ1v) is 11.0. The van der Waals surface area contributed by atoms with Crippen LogP contribution in [-0.4, -0.2) is 26.6 Å². The van der Waals surface area contributed by atoms with Crippen molar-refractivity contribution < 1.29 is 18.7 Å². The summed E-state index contributed by atoms with van der Waals surface area (Å²) in [5.74, 6) is -0.407. The number of benzene rings is 2. The van der Waals surface area contributed by atoms with Gasteiger partial charge in [0.1, 0.15) is 27.5 Å². The Morgan fingerprint density at radius 3 is 2.56 bits per heavy atom. The van der Waals surface area contributed by atoms with Crippen molar-refractivity contribution in [2.24, 2.45) is 7.05 Å². The van der Waals surface area contributed by atoms with Crippen molar-refractivity contribution in [1.82, 2.24) is 14.3 Å². The third-order valence-corrected chi connectivity index (χ3v) is 6.52. The Morgan fingerprint density at radius 2 is 1.85 bits per heavy atom. The van der Waals surface area contributed by atoms with Crippen LogP contribution in [-0.2, 0) is 7.05 Å². The van der Waals surface area contributed by atoms with Crippen molar-refractivity contribution >= 4 is 33.8 Å². The quantitative estimate of drug-likeness (QED) is 0.414. The molecule has 0 aliphatic carbocycles. The number of halogens is 1. The molecule has 172 valence electrons. The van der Waals surface area contributed by atoms with Gasteiger partial charge in [-0.2, -0.15) is 5.10 Å². The van der Waals surface area contributed by atoms with Gasteiger partial charge in [0, 0.05) is 18.0 Å². The molecule has 0 atom stereocenters. The van der Waals surface area contributed by atoms with Crippen LogP contribution in [0.5, 0.6) is 11.5 Å². The van der Waals surface area contributed by atoms with Gasteiger partial charge in [-0.25, -0.2) is 9.18 Å². The largest absolute Gasteiger partial charge is 0.505 e. The summed E-state index contributed by atoms with van der Waals surface area (Å²) in [6.07, 6.45) is 0. The molecule has 10 heteroatoms. The molecule has 0 radical (unpaired) electrons. The monoisotopic (exact) mass is 479 g/mol. The Hall–Kier alpha value is -4.05. The second kappa shape index (κ2) is 8.07. The van der Waals surface area contributed by atoms with Crippen molar-refractivity contribution in [3.63, 3.8) is 0 Å². The van der Waals surface area contributed by atoms with Crippen molar-refractivity contribution in [1.29, 1.82) is 0 Å². The predicted octanol–water partition coefficient (Wildman–Crippen LogP) is 4.14. The number of fused-ring (bicyclic) bond motifs is 3. The number of aryl methyl sites for hydroxylation is 2. The predicted molar refractivity (Wildman–Crippen MR) is 126 cm³/mol. The van der Waals surface area contributed by atoms with E-state index in [2.05, 4.69) is 5.10 Å². The van der Waals surface area contributed by atoms with Crippen LogP contribution in [0.1, 0.15) is 5.69 Å². The maximum atomic E-state index is 13.8. The Balaban J connectivity index is 1.89. The van der Waals surface area contributed by atoms with E-state index in [-0.39, 0.29) is 15.9 Å². The van der Waals surface area contributed by atoms with Crippen LogP contribution in [0.25, 0.3) is 27.7 Å². The van der Waals surface area contributed by atoms with Crippen molar-refractivity contribution in [3.8, 4) is 17.2 Å². The first-order valence-electron chi connectivity index (χ1n) is 10.2. The van der Waals surface area contributed by atoms with Crippen LogP contribution >= 0.6 is 11.8 Å². The van der Waals surface area contributed by atoms with Crippen LogP contribution in [0.4, 0.5) is 4.39 Å². The summed E-state index contributed by atoms with van der Waals surface area (Å²) in [5, 5.41) is 15.8. The summed E-state index contributed by atoms with van der Waals surface area (Å²) < 4.78 is 27.1. The molecule has 2 aromatic carbocycles. The molecule has 0 bridgehead atoms. The summed E-state index contributed by atoms with van der Waals surface area (Å²) in [7, 11) is 3.19. The highest BCUT2D eigenvalue weighted by Gasteiger charge is 2.26. The number of nitrogens with zero attached hydrogens (tertiary/aromatic N) is 3. The number of pyridine rings is 1. The lowest BCUT2D eigenvalue weighted by Gasteiger charge is -2.13. The molecule has 3 aromatic heterocycles. The Bertz CT molecular complexity index is 1700. The highest BCUT2D eigenvalue weighted by molar-refractivity contribution is 7.99. The minimum atomic E-state index is -0.817. The number of hydrogen-bond acceptors (Lipinski definition) is 7. The van der Waals surface area contributed by atoms with E-state index in [1.807, 2.05) is 0 Å². The molecule has 5 rings (SSSR count). The Morgan fingerprint density at radius 1 is 1.12 bits per heavy atom. The highest BCUT2D eigenvalue weighted by Crippen LogP contribution is 2.38. The molecule has 0 fully saturated rings. The fourth-order valence-corrected chi connectivity index (χ4v) is 4.79. The zero-order chi connectivity index (χ0) is 24.1. The first-order chi connectivity index (χ1) is 16.3. The van der Waals surface area contributed by atoms with Crippen LogP contribution in [0, 0.1) is 12.7 Å². The number of aromatic nitrogens is 3. The van der Waals surface area contributed by atoms with Gasteiger partial charge in [0.15, 0.2) is 11.3 Å². The molecular weight excluding hydrogens is 461 g/mol. The number of aromatic hydroxyl groups is 1. The molecule has 3 heterocycles. The number of ether oxygens (including phenoxy) is 1. The fraction of sp³-hybridized carbons (Fsp3) is 0.125. The standard InChI is InChI=1S/C24H18FN3O5S/c1-12-17-20-18(19(29)21(24(31)33-20)34-16-9-7-13(25)8-10-16)23(30)28(22(17)27(2)26-12)14-5-4-6-15(11-14)32-3/h4-11,29H,1-3H3. The van der Waals surface area contributed by atoms with E-state index in [0.29, 0.717) is 33.1 Å². The molecule has 5 aromatic rings. The van der Waals surface area contributed by atoms with E-state index < -0.39 is 22.8 Å². The van der Waals surface area contributed by atoms with Crippen LogP contribution in [0.3, 0.4) is 0 Å². The van der Waals surface area contributed by atoms with E-state index >= 15 is 0 Å². The van der Waals surface area contributed by atoms with Crippen molar-refractivity contribution in [2.75, 3.05) is 7.11 Å². The van der Waals surface area contributed by atoms with Gasteiger partial charge in [-0.3, -0.25) is 14.0 Å². The highest BCUT2D eigenvalue weighted by atomic mass is 32.2. The maximum Gasteiger partial charge on any atom is 0.354 e. The lowest BCUT2D eigenvalue weighted by molar-refractivity contribution is 0.414. The van der Waals surface area contributed by atoms with Crippen LogP contribution in [0.2, 0.25) is 0 Å². The number of hydrogen-bond donors (Lipinski definition) is 1. The first kappa shape index (κ1) is 21.8. The molecule has 34 heavy (non-hydrogen) atoms. The minimum absolute atomic E-state index is 0.0456. The third-order valence-electron chi connectivity index (χ3n) is 5.45. The van der Waals surface area contributed by atoms with Gasteiger partial charge < -0.3 is 14.3 Å². The summed E-state index contributed by atoms with van der Waals surface area (Å²) in [4.78, 5) is 27.0. The SMILES string of the molecule is COc1cccc(-n2c(=O)c3c(O)c(Sc4ccc(F)cc4)c(=O)oc3c3c(C)nn(C)c32)c1. The zero-order valence-electron chi connectivity index (χ0n) is 18.3. The molecule has 0 saturated heterocycles. The number of rotatable bonds is 4. The lowest BCUT2D eigenvalue weighted by atomic mass is 10.1. The molecule has 0 amide bonds. The Labute approximate surface area is 195 Å².